The van der Waals surface area contributed by atoms with Crippen molar-refractivity contribution in [2.24, 2.45) is 5.73 Å². The Balaban J connectivity index is 1.69. The number of carbonyl (C=O) groups excluding carboxylic acids is 3. The van der Waals surface area contributed by atoms with Gasteiger partial charge in [-0.1, -0.05) is 24.3 Å². The Kier molecular flexibility index (Phi) is 7.65. The van der Waals surface area contributed by atoms with Crippen LogP contribution in [0.5, 0.6) is 0 Å². The summed E-state index contributed by atoms with van der Waals surface area (Å²) in [6.45, 7) is 0.238. The number of piperidine rings is 1. The molecular weight excluding hydrogens is 530 g/mol. The van der Waals surface area contributed by atoms with E-state index >= 15 is 0 Å². The first kappa shape index (κ1) is 27.7. The number of anilines is 1. The molecule has 15 heteroatoms. The minimum atomic E-state index is -4.65. The van der Waals surface area contributed by atoms with Crippen molar-refractivity contribution in [1.29, 1.82) is 5.41 Å². The van der Waals surface area contributed by atoms with Crippen LogP contribution in [0.2, 0.25) is 0 Å². The first-order valence-electron chi connectivity index (χ1n) is 12.0. The maximum absolute atomic E-state index is 13.8. The highest BCUT2D eigenvalue weighted by Gasteiger charge is 2.41. The van der Waals surface area contributed by atoms with Crippen LogP contribution in [0.3, 0.4) is 0 Å². The number of guanidine groups is 1. The van der Waals surface area contributed by atoms with E-state index in [0.717, 1.165) is 17.0 Å². The molecule has 2 aromatic carbocycles. The third-order valence-corrected chi connectivity index (χ3v) is 8.34. The molecule has 4 N–H and O–H groups in total. The van der Waals surface area contributed by atoms with Crippen LogP contribution < -0.4 is 15.4 Å². The van der Waals surface area contributed by atoms with Gasteiger partial charge in [-0.2, -0.15) is 4.72 Å². The van der Waals surface area contributed by atoms with Crippen molar-refractivity contribution in [3.63, 3.8) is 0 Å². The van der Waals surface area contributed by atoms with Crippen molar-refractivity contribution in [3.8, 4) is 0 Å². The summed E-state index contributed by atoms with van der Waals surface area (Å²) < 4.78 is 29.0. The summed E-state index contributed by atoms with van der Waals surface area (Å²) in [5, 5.41) is 19.2. The van der Waals surface area contributed by atoms with E-state index in [0.29, 0.717) is 19.4 Å². The van der Waals surface area contributed by atoms with E-state index in [4.69, 9.17) is 11.1 Å². The Morgan fingerprint density at radius 2 is 1.90 bits per heavy atom. The Bertz CT molecular complexity index is 1460. The van der Waals surface area contributed by atoms with Gasteiger partial charge in [0.2, 0.25) is 15.9 Å². The number of Topliss-reactive ketones (excluding diaryl/α,β-unsaturated/α-hetero) is 1. The molecule has 0 saturated carbocycles. The molecule has 0 aliphatic carbocycles. The molecule has 1 unspecified atom stereocenters. The van der Waals surface area contributed by atoms with Gasteiger partial charge in [-0.25, -0.2) is 8.42 Å². The molecule has 206 valence electrons. The number of para-hydroxylation sites is 2. The monoisotopic (exact) mass is 557 g/mol. The Morgan fingerprint density at radius 3 is 2.59 bits per heavy atom. The number of hydrogen-bond acceptors (Lipinski definition) is 8. The van der Waals surface area contributed by atoms with Crippen molar-refractivity contribution >= 4 is 45.0 Å². The van der Waals surface area contributed by atoms with E-state index in [-0.39, 0.29) is 23.8 Å². The molecule has 2 heterocycles. The van der Waals surface area contributed by atoms with Crippen LogP contribution in [0.4, 0.5) is 11.4 Å². The molecule has 39 heavy (non-hydrogen) atoms. The van der Waals surface area contributed by atoms with Crippen molar-refractivity contribution in [2.45, 2.75) is 29.8 Å². The first-order chi connectivity index (χ1) is 18.4. The van der Waals surface area contributed by atoms with E-state index in [1.165, 1.54) is 36.2 Å². The fraction of sp³-hybridized carbons (Fsp3) is 0.333. The Labute approximate surface area is 224 Å². The number of rotatable bonds is 8. The zero-order valence-electron chi connectivity index (χ0n) is 20.9. The predicted molar refractivity (Wildman–Crippen MR) is 140 cm³/mol. The van der Waals surface area contributed by atoms with E-state index in [2.05, 4.69) is 4.72 Å². The van der Waals surface area contributed by atoms with Crippen molar-refractivity contribution in [1.82, 2.24) is 14.5 Å². The number of nitrogens with two attached hydrogens (primary N) is 1. The second-order valence-electron chi connectivity index (χ2n) is 9.24. The van der Waals surface area contributed by atoms with Gasteiger partial charge in [0, 0.05) is 32.2 Å². The third-order valence-electron chi connectivity index (χ3n) is 6.82. The molecule has 1 fully saturated rings. The zero-order valence-corrected chi connectivity index (χ0v) is 21.8. The Morgan fingerprint density at radius 1 is 1.23 bits per heavy atom. The summed E-state index contributed by atoms with van der Waals surface area (Å²) in [4.78, 5) is 53.1. The number of amides is 2. The number of nitrogens with zero attached hydrogens (tertiary/aromatic N) is 4. The summed E-state index contributed by atoms with van der Waals surface area (Å²) in [5.41, 5.74) is 5.27. The zero-order chi connectivity index (χ0) is 28.5. The smallest absolute Gasteiger partial charge is 0.299 e. The lowest BCUT2D eigenvalue weighted by Gasteiger charge is -2.39. The number of benzene rings is 2. The average Bonchev–Trinajstić information content (AvgIpc) is 3.16. The fourth-order valence-electron chi connectivity index (χ4n) is 4.78. The minimum absolute atomic E-state index is 0.119. The molecule has 0 bridgehead atoms. The number of nitrogens with one attached hydrogen (secondary N) is 2. The van der Waals surface area contributed by atoms with Gasteiger partial charge in [-0.3, -0.25) is 29.9 Å². The highest BCUT2D eigenvalue weighted by molar-refractivity contribution is 7.89. The summed E-state index contributed by atoms with van der Waals surface area (Å²) in [6, 6.07) is 8.77. The van der Waals surface area contributed by atoms with Gasteiger partial charge >= 0.3 is 0 Å². The summed E-state index contributed by atoms with van der Waals surface area (Å²) in [5.74, 6) is -2.61. The van der Waals surface area contributed by atoms with Gasteiger partial charge in [-0.05, 0) is 31.0 Å². The molecular formula is C24H27N7O7S. The van der Waals surface area contributed by atoms with Gasteiger partial charge < -0.3 is 20.4 Å². The average molecular weight is 558 g/mol. The summed E-state index contributed by atoms with van der Waals surface area (Å²) in [6.07, 6.45) is 1.18. The molecule has 2 amide bonds. The lowest BCUT2D eigenvalue weighted by atomic mass is 10.0. The van der Waals surface area contributed by atoms with Crippen LogP contribution in [0.25, 0.3) is 0 Å². The van der Waals surface area contributed by atoms with E-state index < -0.39 is 61.8 Å². The van der Waals surface area contributed by atoms with Crippen LogP contribution in [-0.4, -0.2) is 85.5 Å². The fourth-order valence-corrected chi connectivity index (χ4v) is 6.13. The highest BCUT2D eigenvalue weighted by Crippen LogP contribution is 2.29. The molecule has 0 spiro atoms. The number of carbonyl (C=O) groups is 3. The maximum Gasteiger partial charge on any atom is 0.299 e. The van der Waals surface area contributed by atoms with E-state index in [9.17, 15) is 32.9 Å². The van der Waals surface area contributed by atoms with Crippen LogP contribution in [0.15, 0.2) is 53.4 Å². The number of fused-ring (bicyclic) bond motifs is 1. The number of nitro groups is 1. The maximum atomic E-state index is 13.8. The summed E-state index contributed by atoms with van der Waals surface area (Å²) >= 11 is 0. The Hall–Kier alpha value is -4.37. The van der Waals surface area contributed by atoms with Crippen molar-refractivity contribution in [2.75, 3.05) is 31.6 Å². The summed E-state index contributed by atoms with van der Waals surface area (Å²) in [7, 11) is -3.18. The number of hydrogen-bond donors (Lipinski definition) is 3. The normalized spacial score (nSPS) is 18.0. The van der Waals surface area contributed by atoms with Gasteiger partial charge in [0.1, 0.15) is 6.04 Å². The van der Waals surface area contributed by atoms with E-state index in [1.54, 1.807) is 17.0 Å². The lowest BCUT2D eigenvalue weighted by molar-refractivity contribution is -0.387. The quantitative estimate of drug-likeness (QED) is 0.134. The number of nitro benzene ring substituents is 1. The van der Waals surface area contributed by atoms with Crippen LogP contribution >= 0.6 is 0 Å². The van der Waals surface area contributed by atoms with Crippen LogP contribution in [0, 0.1) is 15.5 Å². The van der Waals surface area contributed by atoms with E-state index in [1.807, 2.05) is 0 Å². The number of ketones is 1. The van der Waals surface area contributed by atoms with Gasteiger partial charge in [0.05, 0.1) is 22.7 Å². The minimum Gasteiger partial charge on any atom is -0.370 e. The standard InChI is InChI=1S/C24H27N7O7S/c1-28(15-7-6-12-29(13-15)24(25)26)22(33)17(14-30-18-9-3-2-8-16(18)21(32)23(30)34)27-39(37,38)20-11-5-4-10-19(20)31(35)36/h2-5,8-11,15,17,27H,6-7,12-14H2,1H3,(H3,25,26)/t15-,17?/m0/s1. The lowest BCUT2D eigenvalue weighted by Crippen LogP contribution is -2.58. The second-order valence-corrected chi connectivity index (χ2v) is 10.9. The third kappa shape index (κ3) is 5.44. The number of likely N-dealkylation sites (tertiary alicyclic amines) is 1. The van der Waals surface area contributed by atoms with Gasteiger partial charge in [-0.15, -0.1) is 0 Å². The van der Waals surface area contributed by atoms with Crippen molar-refractivity contribution < 1.29 is 27.7 Å². The van der Waals surface area contributed by atoms with Gasteiger partial charge in [0.25, 0.3) is 17.4 Å². The molecule has 2 aromatic rings. The molecule has 2 aliphatic rings. The molecule has 0 aromatic heterocycles. The predicted octanol–water partition coefficient (Wildman–Crippen LogP) is 0.287. The highest BCUT2D eigenvalue weighted by atomic mass is 32.2. The van der Waals surface area contributed by atoms with Gasteiger partial charge in [0.15, 0.2) is 10.9 Å². The first-order valence-corrected chi connectivity index (χ1v) is 13.5. The molecule has 1 saturated heterocycles. The molecule has 2 aliphatic heterocycles. The molecule has 4 rings (SSSR count). The molecule has 2 atom stereocenters. The molecule has 14 nitrogen and oxygen atoms in total. The number of likely N-dealkylation sites (N-methyl/N-ethyl adjacent to an activating group) is 1. The molecule has 0 radical (unpaired) electrons. The topological polar surface area (TPSA) is 200 Å². The van der Waals surface area contributed by atoms with Crippen molar-refractivity contribution in [3.05, 3.63) is 64.2 Å². The number of sulfonamides is 1. The largest absolute Gasteiger partial charge is 0.370 e. The SMILES string of the molecule is CN(C(=O)C(CN1C(=O)C(=O)c2ccccc21)NS(=O)(=O)c1ccccc1[N+](=O)[O-])[C@H]1CCCN(C(=N)N)C1. The van der Waals surface area contributed by atoms with Crippen LogP contribution in [-0.2, 0) is 19.6 Å². The second kappa shape index (κ2) is 10.8. The van der Waals surface area contributed by atoms with Crippen LogP contribution in [0.1, 0.15) is 23.2 Å².